The van der Waals surface area contributed by atoms with Crippen LogP contribution < -0.4 is 9.64 Å². The van der Waals surface area contributed by atoms with Gasteiger partial charge in [-0.25, -0.2) is 0 Å². The Morgan fingerprint density at radius 3 is 2.31 bits per heavy atom. The summed E-state index contributed by atoms with van der Waals surface area (Å²) in [4.78, 5) is 27.3. The van der Waals surface area contributed by atoms with Gasteiger partial charge in [-0.1, -0.05) is 29.8 Å². The Bertz CT molecular complexity index is 1350. The third-order valence-corrected chi connectivity index (χ3v) is 5.72. The van der Waals surface area contributed by atoms with Crippen molar-refractivity contribution >= 4 is 23.1 Å². The van der Waals surface area contributed by atoms with Gasteiger partial charge in [-0.2, -0.15) is 13.2 Å². The van der Waals surface area contributed by atoms with Crippen molar-refractivity contribution in [3.05, 3.63) is 94.6 Å². The van der Waals surface area contributed by atoms with Gasteiger partial charge in [0.15, 0.2) is 0 Å². The van der Waals surface area contributed by atoms with Crippen LogP contribution >= 0.6 is 0 Å². The minimum atomic E-state index is -4.67. The van der Waals surface area contributed by atoms with Gasteiger partial charge in [-0.05, 0) is 55.0 Å². The topological polar surface area (TPSA) is 87.1 Å². The first-order valence-electron chi connectivity index (χ1n) is 10.4. The van der Waals surface area contributed by atoms with Crippen LogP contribution in [0.5, 0.6) is 11.5 Å². The van der Waals surface area contributed by atoms with Crippen LogP contribution in [-0.2, 0) is 15.8 Å². The summed E-state index contributed by atoms with van der Waals surface area (Å²) in [7, 11) is 1.38. The minimum Gasteiger partial charge on any atom is -0.508 e. The number of halogens is 3. The fourth-order valence-electron chi connectivity index (χ4n) is 4.05. The van der Waals surface area contributed by atoms with E-state index in [1.165, 1.54) is 37.4 Å². The number of ketones is 1. The van der Waals surface area contributed by atoms with Gasteiger partial charge in [0, 0.05) is 5.69 Å². The van der Waals surface area contributed by atoms with E-state index in [0.29, 0.717) is 5.56 Å². The number of rotatable bonds is 4. The van der Waals surface area contributed by atoms with E-state index in [0.717, 1.165) is 28.7 Å². The Hall–Kier alpha value is -4.27. The number of aromatic hydroxyl groups is 1. The zero-order valence-corrected chi connectivity index (χ0v) is 18.6. The van der Waals surface area contributed by atoms with Crippen molar-refractivity contribution in [3.8, 4) is 11.5 Å². The molecule has 2 N–H and O–H groups in total. The molecule has 1 aliphatic rings. The lowest BCUT2D eigenvalue weighted by Gasteiger charge is -2.26. The van der Waals surface area contributed by atoms with Gasteiger partial charge in [-0.3, -0.25) is 14.5 Å². The lowest BCUT2D eigenvalue weighted by molar-refractivity contribution is -0.137. The zero-order valence-electron chi connectivity index (χ0n) is 18.6. The standard InChI is InChI=1S/C26H20F3NO5/c1-14-6-11-20(35-2)19(12-14)23(32)21-22(15-7-9-18(31)10-8-15)30(25(34)24(21)33)17-5-3-4-16(13-17)26(27,28)29/h3-13,22,31-32H,1-2H3/b23-21+. The number of aliphatic hydroxyl groups excluding tert-OH is 1. The smallest absolute Gasteiger partial charge is 0.416 e. The van der Waals surface area contributed by atoms with Gasteiger partial charge in [-0.15, -0.1) is 0 Å². The number of phenolic OH excluding ortho intramolecular Hbond substituents is 1. The molecule has 0 radical (unpaired) electrons. The highest BCUT2D eigenvalue weighted by Crippen LogP contribution is 2.44. The van der Waals surface area contributed by atoms with Crippen LogP contribution in [0.2, 0.25) is 0 Å². The Labute approximate surface area is 198 Å². The number of ether oxygens (including phenoxy) is 1. The lowest BCUT2D eigenvalue weighted by Crippen LogP contribution is -2.29. The molecule has 1 heterocycles. The number of Topliss-reactive ketones (excluding diaryl/α,β-unsaturated/α-hetero) is 1. The Morgan fingerprint density at radius 2 is 1.69 bits per heavy atom. The third kappa shape index (κ3) is 4.32. The van der Waals surface area contributed by atoms with Crippen LogP contribution in [0.4, 0.5) is 18.9 Å². The summed E-state index contributed by atoms with van der Waals surface area (Å²) in [6, 6.07) is 13.1. The lowest BCUT2D eigenvalue weighted by atomic mass is 9.94. The van der Waals surface area contributed by atoms with E-state index in [1.54, 1.807) is 25.1 Å². The van der Waals surface area contributed by atoms with Crippen LogP contribution in [0, 0.1) is 6.92 Å². The molecule has 1 unspecified atom stereocenters. The minimum absolute atomic E-state index is 0.0925. The number of aryl methyl sites for hydroxylation is 1. The Balaban J connectivity index is 1.98. The van der Waals surface area contributed by atoms with Gasteiger partial charge in [0.2, 0.25) is 0 Å². The van der Waals surface area contributed by atoms with E-state index in [9.17, 15) is 33.0 Å². The quantitative estimate of drug-likeness (QED) is 0.297. The van der Waals surface area contributed by atoms with E-state index in [4.69, 9.17) is 4.74 Å². The monoisotopic (exact) mass is 483 g/mol. The summed E-state index contributed by atoms with van der Waals surface area (Å²) >= 11 is 0. The molecule has 1 amide bonds. The summed E-state index contributed by atoms with van der Waals surface area (Å²) < 4.78 is 45.4. The summed E-state index contributed by atoms with van der Waals surface area (Å²) in [5.74, 6) is -2.55. The molecule has 0 aliphatic carbocycles. The molecule has 1 aliphatic heterocycles. The summed E-state index contributed by atoms with van der Waals surface area (Å²) in [5, 5.41) is 21.0. The molecule has 3 aromatic rings. The fourth-order valence-corrected chi connectivity index (χ4v) is 4.05. The molecule has 0 bridgehead atoms. The largest absolute Gasteiger partial charge is 0.508 e. The van der Waals surface area contributed by atoms with E-state index in [-0.39, 0.29) is 28.3 Å². The van der Waals surface area contributed by atoms with E-state index < -0.39 is 35.2 Å². The van der Waals surface area contributed by atoms with Crippen molar-refractivity contribution in [2.24, 2.45) is 0 Å². The highest BCUT2D eigenvalue weighted by Gasteiger charge is 2.47. The van der Waals surface area contributed by atoms with Gasteiger partial charge >= 0.3 is 6.18 Å². The molecular weight excluding hydrogens is 463 g/mol. The normalized spacial score (nSPS) is 17.6. The molecule has 1 saturated heterocycles. The van der Waals surface area contributed by atoms with Crippen molar-refractivity contribution in [2.45, 2.75) is 19.1 Å². The maximum Gasteiger partial charge on any atom is 0.416 e. The van der Waals surface area contributed by atoms with Crippen LogP contribution in [0.25, 0.3) is 5.76 Å². The summed E-state index contributed by atoms with van der Waals surface area (Å²) in [5.41, 5.74) is -0.300. The zero-order chi connectivity index (χ0) is 25.5. The number of amides is 1. The van der Waals surface area contributed by atoms with Gasteiger partial charge in [0.05, 0.1) is 29.9 Å². The summed E-state index contributed by atoms with van der Waals surface area (Å²) in [6.07, 6.45) is -4.67. The predicted molar refractivity (Wildman–Crippen MR) is 122 cm³/mol. The first kappa shape index (κ1) is 23.9. The highest BCUT2D eigenvalue weighted by atomic mass is 19.4. The Kier molecular flexibility index (Phi) is 6.02. The second-order valence-corrected chi connectivity index (χ2v) is 8.01. The molecule has 1 fully saturated rings. The van der Waals surface area contributed by atoms with Crippen LogP contribution in [0.3, 0.4) is 0 Å². The molecular formula is C26H20F3NO5. The number of benzene rings is 3. The second kappa shape index (κ2) is 8.83. The number of carbonyl (C=O) groups excluding carboxylic acids is 2. The third-order valence-electron chi connectivity index (χ3n) is 5.72. The van der Waals surface area contributed by atoms with E-state index in [2.05, 4.69) is 0 Å². The van der Waals surface area contributed by atoms with Crippen molar-refractivity contribution in [1.29, 1.82) is 0 Å². The molecule has 1 atom stereocenters. The van der Waals surface area contributed by atoms with Crippen molar-refractivity contribution in [3.63, 3.8) is 0 Å². The molecule has 4 rings (SSSR count). The number of hydrogen-bond donors (Lipinski definition) is 2. The average molecular weight is 483 g/mol. The number of aliphatic hydroxyl groups is 1. The molecule has 0 aromatic heterocycles. The number of carbonyl (C=O) groups is 2. The van der Waals surface area contributed by atoms with E-state index >= 15 is 0 Å². The molecule has 180 valence electrons. The maximum atomic E-state index is 13.4. The second-order valence-electron chi connectivity index (χ2n) is 8.01. The molecule has 35 heavy (non-hydrogen) atoms. The van der Waals surface area contributed by atoms with Crippen molar-refractivity contribution in [2.75, 3.05) is 12.0 Å². The molecule has 6 nitrogen and oxygen atoms in total. The van der Waals surface area contributed by atoms with Crippen LogP contribution in [-0.4, -0.2) is 29.0 Å². The van der Waals surface area contributed by atoms with Crippen LogP contribution in [0.1, 0.15) is 28.3 Å². The number of alkyl halides is 3. The predicted octanol–water partition coefficient (Wildman–Crippen LogP) is 5.35. The first-order valence-corrected chi connectivity index (χ1v) is 10.4. The van der Waals surface area contributed by atoms with E-state index in [1.807, 2.05) is 0 Å². The Morgan fingerprint density at radius 1 is 1.00 bits per heavy atom. The van der Waals surface area contributed by atoms with Crippen LogP contribution in [0.15, 0.2) is 72.3 Å². The molecule has 0 spiro atoms. The number of nitrogens with zero attached hydrogens (tertiary/aromatic N) is 1. The SMILES string of the molecule is COc1ccc(C)cc1/C(O)=C1\C(=O)C(=O)N(c2cccc(C(F)(F)F)c2)C1c1ccc(O)cc1. The van der Waals surface area contributed by atoms with Gasteiger partial charge in [0.1, 0.15) is 17.3 Å². The van der Waals surface area contributed by atoms with Crippen molar-refractivity contribution < 1.29 is 37.7 Å². The number of hydrogen-bond acceptors (Lipinski definition) is 5. The first-order chi connectivity index (χ1) is 16.5. The highest BCUT2D eigenvalue weighted by molar-refractivity contribution is 6.51. The summed E-state index contributed by atoms with van der Waals surface area (Å²) in [6.45, 7) is 1.76. The maximum absolute atomic E-state index is 13.4. The fraction of sp³-hybridized carbons (Fsp3) is 0.154. The van der Waals surface area contributed by atoms with Gasteiger partial charge < -0.3 is 14.9 Å². The van der Waals surface area contributed by atoms with Gasteiger partial charge in [0.25, 0.3) is 11.7 Å². The molecule has 9 heteroatoms. The molecule has 3 aromatic carbocycles. The van der Waals surface area contributed by atoms with Crippen molar-refractivity contribution in [1.82, 2.24) is 0 Å². The average Bonchev–Trinajstić information content (AvgIpc) is 3.09. The molecule has 0 saturated carbocycles. The number of phenols is 1. The number of anilines is 1. The number of methoxy groups -OCH3 is 1.